The smallest absolute Gasteiger partial charge is 0.240 e. The summed E-state index contributed by atoms with van der Waals surface area (Å²) < 4.78 is 0. The number of amides is 1. The number of piperazine rings is 1. The second-order valence-electron chi connectivity index (χ2n) is 3.62. The lowest BCUT2D eigenvalue weighted by molar-refractivity contribution is -0.118. The van der Waals surface area contributed by atoms with Crippen molar-refractivity contribution in [2.24, 2.45) is 0 Å². The van der Waals surface area contributed by atoms with Gasteiger partial charge in [-0.05, 0) is 19.1 Å². The first-order valence-corrected chi connectivity index (χ1v) is 4.86. The summed E-state index contributed by atoms with van der Waals surface area (Å²) in [5, 5.41) is 3.14. The van der Waals surface area contributed by atoms with Crippen LogP contribution in [0.15, 0.2) is 30.3 Å². The molecule has 3 heteroatoms. The van der Waals surface area contributed by atoms with Crippen LogP contribution in [0.3, 0.4) is 0 Å². The van der Waals surface area contributed by atoms with Crippen LogP contribution in [0.2, 0.25) is 0 Å². The van der Waals surface area contributed by atoms with E-state index in [1.54, 1.807) is 0 Å². The molecule has 0 spiro atoms. The van der Waals surface area contributed by atoms with Crippen LogP contribution in [0.5, 0.6) is 0 Å². The summed E-state index contributed by atoms with van der Waals surface area (Å²) in [7, 11) is 0. The zero-order chi connectivity index (χ0) is 9.97. The fraction of sp³-hybridized carbons (Fsp3) is 0.364. The van der Waals surface area contributed by atoms with E-state index < -0.39 is 0 Å². The molecule has 1 aromatic rings. The minimum atomic E-state index is 0.148. The van der Waals surface area contributed by atoms with Gasteiger partial charge in [0.2, 0.25) is 5.91 Å². The number of hydrogen-bond acceptors (Lipinski definition) is 2. The second kappa shape index (κ2) is 3.80. The highest BCUT2D eigenvalue weighted by atomic mass is 16.2. The highest BCUT2D eigenvalue weighted by Gasteiger charge is 2.22. The van der Waals surface area contributed by atoms with Crippen LogP contribution in [-0.4, -0.2) is 25.0 Å². The quantitative estimate of drug-likeness (QED) is 0.717. The second-order valence-corrected chi connectivity index (χ2v) is 3.62. The molecule has 14 heavy (non-hydrogen) atoms. The van der Waals surface area contributed by atoms with Gasteiger partial charge < -0.3 is 10.2 Å². The van der Waals surface area contributed by atoms with Crippen LogP contribution >= 0.6 is 0 Å². The first kappa shape index (κ1) is 9.21. The zero-order valence-electron chi connectivity index (χ0n) is 8.23. The first-order valence-electron chi connectivity index (χ1n) is 4.86. The molecule has 0 bridgehead atoms. The lowest BCUT2D eigenvalue weighted by atomic mass is 10.2. The molecule has 0 aromatic heterocycles. The third-order valence-corrected chi connectivity index (χ3v) is 2.43. The molecule has 74 valence electrons. The molecule has 1 saturated heterocycles. The highest BCUT2D eigenvalue weighted by Crippen LogP contribution is 2.15. The predicted octanol–water partition coefficient (Wildman–Crippen LogP) is 1.01. The molecule has 1 aromatic carbocycles. The van der Waals surface area contributed by atoms with Crippen molar-refractivity contribution in [2.75, 3.05) is 18.0 Å². The highest BCUT2D eigenvalue weighted by molar-refractivity contribution is 5.95. The Kier molecular flexibility index (Phi) is 2.50. The minimum Gasteiger partial charge on any atom is -0.310 e. The average molecular weight is 190 g/mol. The van der Waals surface area contributed by atoms with Gasteiger partial charge in [0.25, 0.3) is 0 Å². The summed E-state index contributed by atoms with van der Waals surface area (Å²) in [6.07, 6.45) is 0. The maximum atomic E-state index is 11.6. The Morgan fingerprint density at radius 2 is 2.07 bits per heavy atom. The molecule has 0 saturated carbocycles. The van der Waals surface area contributed by atoms with E-state index in [2.05, 4.69) is 12.2 Å². The van der Waals surface area contributed by atoms with E-state index in [0.29, 0.717) is 12.6 Å². The molecule has 1 aliphatic heterocycles. The van der Waals surface area contributed by atoms with E-state index in [9.17, 15) is 4.79 Å². The Labute approximate surface area is 83.7 Å². The van der Waals surface area contributed by atoms with Crippen molar-refractivity contribution in [3.63, 3.8) is 0 Å². The predicted molar refractivity (Wildman–Crippen MR) is 56.3 cm³/mol. The normalized spacial score (nSPS) is 22.5. The van der Waals surface area contributed by atoms with Gasteiger partial charge in [-0.2, -0.15) is 0 Å². The maximum absolute atomic E-state index is 11.6. The molecule has 1 fully saturated rings. The molecule has 1 atom stereocenters. The summed E-state index contributed by atoms with van der Waals surface area (Å²) in [6, 6.07) is 10.2. The third-order valence-electron chi connectivity index (χ3n) is 2.43. The Bertz CT molecular complexity index is 323. The Hall–Kier alpha value is -1.35. The third kappa shape index (κ3) is 1.77. The van der Waals surface area contributed by atoms with Gasteiger partial charge in [0.1, 0.15) is 0 Å². The van der Waals surface area contributed by atoms with Crippen LogP contribution in [0, 0.1) is 0 Å². The number of carbonyl (C=O) groups is 1. The maximum Gasteiger partial charge on any atom is 0.240 e. The molecule has 0 unspecified atom stereocenters. The number of nitrogens with zero attached hydrogens (tertiary/aromatic N) is 1. The van der Waals surface area contributed by atoms with E-state index in [-0.39, 0.29) is 5.91 Å². The topological polar surface area (TPSA) is 32.3 Å². The minimum absolute atomic E-state index is 0.148. The number of carbonyl (C=O) groups excluding carboxylic acids is 1. The summed E-state index contributed by atoms with van der Waals surface area (Å²) in [4.78, 5) is 13.4. The van der Waals surface area contributed by atoms with Crippen LogP contribution in [0.4, 0.5) is 5.69 Å². The van der Waals surface area contributed by atoms with E-state index >= 15 is 0 Å². The Balaban J connectivity index is 2.20. The Morgan fingerprint density at radius 3 is 2.79 bits per heavy atom. The number of rotatable bonds is 1. The largest absolute Gasteiger partial charge is 0.310 e. The van der Waals surface area contributed by atoms with Crippen LogP contribution in [0.1, 0.15) is 6.92 Å². The van der Waals surface area contributed by atoms with Crippen molar-refractivity contribution in [3.05, 3.63) is 30.3 Å². The van der Waals surface area contributed by atoms with Gasteiger partial charge in [0, 0.05) is 18.3 Å². The summed E-state index contributed by atoms with van der Waals surface area (Å²) in [5.74, 6) is 0.148. The summed E-state index contributed by atoms with van der Waals surface area (Å²) >= 11 is 0. The molecule has 3 nitrogen and oxygen atoms in total. The van der Waals surface area contributed by atoms with Gasteiger partial charge in [0.05, 0.1) is 6.54 Å². The number of para-hydroxylation sites is 1. The monoisotopic (exact) mass is 190 g/mol. The van der Waals surface area contributed by atoms with Crippen molar-refractivity contribution in [1.82, 2.24) is 5.32 Å². The summed E-state index contributed by atoms with van der Waals surface area (Å²) in [5.41, 5.74) is 0.992. The van der Waals surface area contributed by atoms with Gasteiger partial charge in [-0.25, -0.2) is 0 Å². The van der Waals surface area contributed by atoms with Crippen molar-refractivity contribution in [2.45, 2.75) is 13.0 Å². The molecular weight excluding hydrogens is 176 g/mol. The van der Waals surface area contributed by atoms with Gasteiger partial charge >= 0.3 is 0 Å². The molecule has 1 amide bonds. The average Bonchev–Trinajstić information content (AvgIpc) is 2.23. The fourth-order valence-corrected chi connectivity index (χ4v) is 1.65. The standard InChI is InChI=1S/C11H14N2O/c1-9-8-13(11(14)7-12-9)10-5-3-2-4-6-10/h2-6,9,12H,7-8H2,1H3/t9-/m1/s1. The van der Waals surface area contributed by atoms with Crippen LogP contribution in [0.25, 0.3) is 0 Å². The van der Waals surface area contributed by atoms with Crippen LogP contribution < -0.4 is 10.2 Å². The van der Waals surface area contributed by atoms with E-state index in [1.807, 2.05) is 35.2 Å². The van der Waals surface area contributed by atoms with Crippen molar-refractivity contribution >= 4 is 11.6 Å². The zero-order valence-corrected chi connectivity index (χ0v) is 8.23. The lowest BCUT2D eigenvalue weighted by Gasteiger charge is -2.31. The molecule has 0 aliphatic carbocycles. The van der Waals surface area contributed by atoms with E-state index in [4.69, 9.17) is 0 Å². The molecule has 1 heterocycles. The summed E-state index contributed by atoms with van der Waals surface area (Å²) in [6.45, 7) is 3.28. The van der Waals surface area contributed by atoms with Gasteiger partial charge in [-0.3, -0.25) is 4.79 Å². The fourth-order valence-electron chi connectivity index (χ4n) is 1.65. The van der Waals surface area contributed by atoms with Crippen molar-refractivity contribution in [3.8, 4) is 0 Å². The van der Waals surface area contributed by atoms with E-state index in [1.165, 1.54) is 0 Å². The molecule has 1 aliphatic rings. The van der Waals surface area contributed by atoms with E-state index in [0.717, 1.165) is 12.2 Å². The number of hydrogen-bond donors (Lipinski definition) is 1. The van der Waals surface area contributed by atoms with Crippen molar-refractivity contribution in [1.29, 1.82) is 0 Å². The molecule has 0 radical (unpaired) electrons. The first-order chi connectivity index (χ1) is 6.77. The lowest BCUT2D eigenvalue weighted by Crippen LogP contribution is -2.53. The SMILES string of the molecule is C[C@@H]1CN(c2ccccc2)C(=O)CN1. The number of benzene rings is 1. The molecular formula is C11H14N2O. The molecule has 2 rings (SSSR count). The van der Waals surface area contributed by atoms with Crippen molar-refractivity contribution < 1.29 is 4.79 Å². The number of nitrogens with one attached hydrogen (secondary N) is 1. The van der Waals surface area contributed by atoms with Crippen LogP contribution in [-0.2, 0) is 4.79 Å². The number of anilines is 1. The Morgan fingerprint density at radius 1 is 1.36 bits per heavy atom. The molecule has 1 N–H and O–H groups in total. The van der Waals surface area contributed by atoms with Gasteiger partial charge in [-0.15, -0.1) is 0 Å². The van der Waals surface area contributed by atoms with Gasteiger partial charge in [0.15, 0.2) is 0 Å². The van der Waals surface area contributed by atoms with Gasteiger partial charge in [-0.1, -0.05) is 18.2 Å².